The first-order valence-electron chi connectivity index (χ1n) is 3.03. The van der Waals surface area contributed by atoms with Crippen molar-refractivity contribution in [1.82, 2.24) is 0 Å². The first-order valence-corrected chi connectivity index (χ1v) is 3.03. The van der Waals surface area contributed by atoms with Gasteiger partial charge in [0.05, 0.1) is 6.10 Å². The van der Waals surface area contributed by atoms with Gasteiger partial charge in [0.15, 0.2) is 0 Å². The lowest BCUT2D eigenvalue weighted by Crippen LogP contribution is -1.99. The van der Waals surface area contributed by atoms with E-state index in [4.69, 9.17) is 4.74 Å². The standard InChI is InChI=1S/C7H12O/c1-4-6-7(8-6)5(2)3/h4-7H,1H2,2-3H3/t6-,7-/m0/s1. The van der Waals surface area contributed by atoms with Crippen LogP contribution in [0.3, 0.4) is 0 Å². The van der Waals surface area contributed by atoms with Crippen LogP contribution in [0.5, 0.6) is 0 Å². The Morgan fingerprint density at radius 3 is 2.38 bits per heavy atom. The molecule has 8 heavy (non-hydrogen) atoms. The maximum atomic E-state index is 5.21. The summed E-state index contributed by atoms with van der Waals surface area (Å²) in [5.74, 6) is 0.651. The summed E-state index contributed by atoms with van der Waals surface area (Å²) in [5.41, 5.74) is 0. The number of hydrogen-bond donors (Lipinski definition) is 0. The number of hydrogen-bond acceptors (Lipinski definition) is 1. The Labute approximate surface area is 50.3 Å². The topological polar surface area (TPSA) is 12.5 Å². The van der Waals surface area contributed by atoms with E-state index in [1.54, 1.807) is 0 Å². The molecule has 1 rings (SSSR count). The molecule has 0 aromatic heterocycles. The fourth-order valence-corrected chi connectivity index (χ4v) is 0.862. The summed E-state index contributed by atoms with van der Waals surface area (Å²) in [7, 11) is 0. The fraction of sp³-hybridized carbons (Fsp3) is 0.714. The highest BCUT2D eigenvalue weighted by molar-refractivity contribution is 4.99. The summed E-state index contributed by atoms with van der Waals surface area (Å²) in [6.45, 7) is 7.95. The van der Waals surface area contributed by atoms with Crippen LogP contribution in [0.2, 0.25) is 0 Å². The Morgan fingerprint density at radius 1 is 1.62 bits per heavy atom. The lowest BCUT2D eigenvalue weighted by atomic mass is 10.1. The van der Waals surface area contributed by atoms with E-state index in [9.17, 15) is 0 Å². The average Bonchev–Trinajstić information content (AvgIpc) is 2.42. The third kappa shape index (κ3) is 0.920. The molecule has 0 N–H and O–H groups in total. The summed E-state index contributed by atoms with van der Waals surface area (Å²) < 4.78 is 5.21. The summed E-state index contributed by atoms with van der Waals surface area (Å²) in [6, 6.07) is 0. The first-order chi connectivity index (χ1) is 3.75. The minimum Gasteiger partial charge on any atom is -0.365 e. The number of epoxide rings is 1. The smallest absolute Gasteiger partial charge is 0.102 e. The van der Waals surface area contributed by atoms with Crippen molar-refractivity contribution in [2.45, 2.75) is 26.1 Å². The molecule has 1 fully saturated rings. The van der Waals surface area contributed by atoms with Crippen molar-refractivity contribution in [1.29, 1.82) is 0 Å². The molecule has 0 unspecified atom stereocenters. The van der Waals surface area contributed by atoms with Crippen molar-refractivity contribution < 1.29 is 4.74 Å². The van der Waals surface area contributed by atoms with Gasteiger partial charge in [-0.05, 0) is 5.92 Å². The van der Waals surface area contributed by atoms with Crippen molar-refractivity contribution >= 4 is 0 Å². The first kappa shape index (κ1) is 5.83. The van der Waals surface area contributed by atoms with Gasteiger partial charge in [0.25, 0.3) is 0 Å². The zero-order valence-electron chi connectivity index (χ0n) is 5.42. The van der Waals surface area contributed by atoms with Gasteiger partial charge in [-0.2, -0.15) is 0 Å². The highest BCUT2D eigenvalue weighted by Crippen LogP contribution is 2.29. The van der Waals surface area contributed by atoms with Crippen LogP contribution in [0.25, 0.3) is 0 Å². The Hall–Kier alpha value is -0.300. The molecular weight excluding hydrogens is 100 g/mol. The van der Waals surface area contributed by atoms with Gasteiger partial charge in [0.2, 0.25) is 0 Å². The summed E-state index contributed by atoms with van der Waals surface area (Å²) in [5, 5.41) is 0. The minimum atomic E-state index is 0.356. The molecule has 0 saturated carbocycles. The van der Waals surface area contributed by atoms with Crippen LogP contribution in [0.1, 0.15) is 13.8 Å². The molecule has 0 radical (unpaired) electrons. The maximum Gasteiger partial charge on any atom is 0.102 e. The molecule has 1 heterocycles. The highest BCUT2D eigenvalue weighted by Gasteiger charge is 2.38. The summed E-state index contributed by atoms with van der Waals surface area (Å²) >= 11 is 0. The largest absolute Gasteiger partial charge is 0.365 e. The summed E-state index contributed by atoms with van der Waals surface area (Å²) in [6.07, 6.45) is 2.69. The van der Waals surface area contributed by atoms with Gasteiger partial charge in [-0.15, -0.1) is 6.58 Å². The van der Waals surface area contributed by atoms with Gasteiger partial charge in [-0.1, -0.05) is 19.9 Å². The summed E-state index contributed by atoms with van der Waals surface area (Å²) in [4.78, 5) is 0. The van der Waals surface area contributed by atoms with Crippen LogP contribution in [-0.2, 0) is 4.74 Å². The van der Waals surface area contributed by atoms with E-state index in [0.29, 0.717) is 18.1 Å². The van der Waals surface area contributed by atoms with Crippen LogP contribution in [0.15, 0.2) is 12.7 Å². The normalized spacial score (nSPS) is 35.4. The van der Waals surface area contributed by atoms with Crippen molar-refractivity contribution in [2.24, 2.45) is 5.92 Å². The molecule has 0 bridgehead atoms. The molecule has 2 atom stereocenters. The van der Waals surface area contributed by atoms with Gasteiger partial charge < -0.3 is 4.74 Å². The Kier molecular flexibility index (Phi) is 1.39. The Morgan fingerprint density at radius 2 is 2.25 bits per heavy atom. The molecule has 0 amide bonds. The Bertz CT molecular complexity index is 96.6. The molecule has 46 valence electrons. The van der Waals surface area contributed by atoms with Crippen LogP contribution in [-0.4, -0.2) is 12.2 Å². The quantitative estimate of drug-likeness (QED) is 0.390. The van der Waals surface area contributed by atoms with Crippen LogP contribution < -0.4 is 0 Å². The van der Waals surface area contributed by atoms with Gasteiger partial charge >= 0.3 is 0 Å². The van der Waals surface area contributed by atoms with Crippen molar-refractivity contribution in [3.05, 3.63) is 12.7 Å². The van der Waals surface area contributed by atoms with Gasteiger partial charge in [0, 0.05) is 0 Å². The second-order valence-electron chi connectivity index (χ2n) is 2.55. The van der Waals surface area contributed by atoms with Crippen LogP contribution in [0, 0.1) is 5.92 Å². The van der Waals surface area contributed by atoms with E-state index in [0.717, 1.165) is 0 Å². The molecule has 0 spiro atoms. The lowest BCUT2D eigenvalue weighted by molar-refractivity contribution is 0.345. The molecule has 0 aromatic rings. The third-order valence-corrected chi connectivity index (χ3v) is 1.45. The molecule has 1 heteroatoms. The monoisotopic (exact) mass is 112 g/mol. The van der Waals surface area contributed by atoms with Crippen molar-refractivity contribution in [3.63, 3.8) is 0 Å². The number of rotatable bonds is 2. The fourth-order valence-electron chi connectivity index (χ4n) is 0.862. The predicted molar refractivity (Wildman–Crippen MR) is 33.7 cm³/mol. The van der Waals surface area contributed by atoms with Crippen LogP contribution in [0.4, 0.5) is 0 Å². The van der Waals surface area contributed by atoms with Gasteiger partial charge in [0.1, 0.15) is 6.10 Å². The molecule has 0 aliphatic carbocycles. The number of ether oxygens (including phenoxy) is 1. The second-order valence-corrected chi connectivity index (χ2v) is 2.55. The van der Waals surface area contributed by atoms with E-state index < -0.39 is 0 Å². The molecule has 1 nitrogen and oxygen atoms in total. The molecule has 1 aliphatic heterocycles. The third-order valence-electron chi connectivity index (χ3n) is 1.45. The van der Waals surface area contributed by atoms with E-state index in [1.807, 2.05) is 6.08 Å². The zero-order valence-corrected chi connectivity index (χ0v) is 5.42. The zero-order chi connectivity index (χ0) is 6.15. The Balaban J connectivity index is 2.26. The van der Waals surface area contributed by atoms with E-state index in [-0.39, 0.29) is 0 Å². The maximum absolute atomic E-state index is 5.21. The van der Waals surface area contributed by atoms with E-state index in [1.165, 1.54) is 0 Å². The average molecular weight is 112 g/mol. The van der Waals surface area contributed by atoms with Crippen LogP contribution >= 0.6 is 0 Å². The van der Waals surface area contributed by atoms with Crippen molar-refractivity contribution in [3.8, 4) is 0 Å². The minimum absolute atomic E-state index is 0.356. The molecule has 1 saturated heterocycles. The van der Waals surface area contributed by atoms with Gasteiger partial charge in [-0.3, -0.25) is 0 Å². The molecular formula is C7H12O. The molecule has 0 aromatic carbocycles. The lowest BCUT2D eigenvalue weighted by Gasteiger charge is -1.92. The predicted octanol–water partition coefficient (Wildman–Crippen LogP) is 1.60. The van der Waals surface area contributed by atoms with Crippen molar-refractivity contribution in [2.75, 3.05) is 0 Å². The SMILES string of the molecule is C=C[C@@H]1O[C@H]1C(C)C. The van der Waals surface area contributed by atoms with E-state index in [2.05, 4.69) is 20.4 Å². The van der Waals surface area contributed by atoms with Gasteiger partial charge in [-0.25, -0.2) is 0 Å². The van der Waals surface area contributed by atoms with E-state index >= 15 is 0 Å². The second kappa shape index (κ2) is 1.90. The highest BCUT2D eigenvalue weighted by atomic mass is 16.6. The molecule has 1 aliphatic rings.